The van der Waals surface area contributed by atoms with Crippen LogP contribution in [-0.4, -0.2) is 5.91 Å². The summed E-state index contributed by atoms with van der Waals surface area (Å²) in [4.78, 5) is 11.8. The van der Waals surface area contributed by atoms with Crippen molar-refractivity contribution < 1.29 is 4.79 Å². The van der Waals surface area contributed by atoms with Gasteiger partial charge in [-0.3, -0.25) is 15.6 Å². The molecule has 2 rings (SSSR count). The summed E-state index contributed by atoms with van der Waals surface area (Å²) in [6.07, 6.45) is 0. The Labute approximate surface area is 127 Å². The molecule has 1 amide bonds. The number of nitrogens with one attached hydrogen (secondary N) is 2. The second-order valence-corrected chi connectivity index (χ2v) is 4.87. The van der Waals surface area contributed by atoms with E-state index in [-0.39, 0.29) is 5.91 Å². The lowest BCUT2D eigenvalue weighted by Gasteiger charge is -2.11. The highest BCUT2D eigenvalue weighted by Gasteiger charge is 2.06. The quantitative estimate of drug-likeness (QED) is 0.841. The van der Waals surface area contributed by atoms with Gasteiger partial charge in [0.05, 0.1) is 15.7 Å². The van der Waals surface area contributed by atoms with E-state index < -0.39 is 0 Å². The fourth-order valence-corrected chi connectivity index (χ4v) is 1.85. The lowest BCUT2D eigenvalue weighted by atomic mass is 10.2. The Balaban J connectivity index is 1.98. The molecule has 0 fully saturated rings. The number of benzene rings is 2. The molecule has 0 aromatic heterocycles. The molecular weight excluding hydrogens is 295 g/mol. The topological polar surface area (TPSA) is 41.1 Å². The van der Waals surface area contributed by atoms with Crippen molar-refractivity contribution in [3.05, 3.63) is 76.3 Å². The summed E-state index contributed by atoms with van der Waals surface area (Å²) in [5, 5.41) is 0.901. The summed E-state index contributed by atoms with van der Waals surface area (Å²) in [6.45, 7) is 3.83. The van der Waals surface area contributed by atoms with Gasteiger partial charge in [0.25, 0.3) is 5.91 Å². The summed E-state index contributed by atoms with van der Waals surface area (Å²) in [6, 6.07) is 14.0. The van der Waals surface area contributed by atoms with Crippen LogP contribution in [-0.2, 0) is 0 Å². The van der Waals surface area contributed by atoms with Crippen LogP contribution in [0, 0.1) is 0 Å². The van der Waals surface area contributed by atoms with Gasteiger partial charge < -0.3 is 0 Å². The zero-order chi connectivity index (χ0) is 14.5. The summed E-state index contributed by atoms with van der Waals surface area (Å²) in [5.74, 6) is -0.244. The van der Waals surface area contributed by atoms with E-state index >= 15 is 0 Å². The van der Waals surface area contributed by atoms with Crippen molar-refractivity contribution in [3.8, 4) is 0 Å². The maximum Gasteiger partial charge on any atom is 0.269 e. The normalized spacial score (nSPS) is 9.90. The van der Waals surface area contributed by atoms with E-state index in [1.165, 1.54) is 0 Å². The molecule has 0 aliphatic heterocycles. The summed E-state index contributed by atoms with van der Waals surface area (Å²) >= 11 is 11.8. The van der Waals surface area contributed by atoms with Gasteiger partial charge in [-0.05, 0) is 24.3 Å². The van der Waals surface area contributed by atoms with Crippen LogP contribution >= 0.6 is 23.2 Å². The van der Waals surface area contributed by atoms with Crippen LogP contribution in [0.4, 0.5) is 0 Å². The Morgan fingerprint density at radius 2 is 1.60 bits per heavy atom. The van der Waals surface area contributed by atoms with Crippen molar-refractivity contribution >= 4 is 34.8 Å². The van der Waals surface area contributed by atoms with Crippen molar-refractivity contribution in [2.24, 2.45) is 0 Å². The highest BCUT2D eigenvalue weighted by atomic mass is 35.5. The molecule has 0 saturated carbocycles. The highest BCUT2D eigenvalue weighted by molar-refractivity contribution is 6.42. The lowest BCUT2D eigenvalue weighted by molar-refractivity contribution is 0.0942. The maximum atomic E-state index is 11.8. The number of rotatable bonds is 4. The standard InChI is InChI=1S/C15H12Cl2N2O/c1-10(12-7-8-13(16)14(17)9-12)18-19-15(20)11-5-3-2-4-6-11/h2-9,18H,1H2,(H,19,20). The van der Waals surface area contributed by atoms with E-state index in [9.17, 15) is 4.79 Å². The minimum atomic E-state index is -0.244. The third-order valence-corrected chi connectivity index (χ3v) is 3.37. The zero-order valence-electron chi connectivity index (χ0n) is 10.5. The van der Waals surface area contributed by atoms with Gasteiger partial charge >= 0.3 is 0 Å². The van der Waals surface area contributed by atoms with Gasteiger partial charge in [-0.1, -0.05) is 54.0 Å². The van der Waals surface area contributed by atoms with Crippen LogP contribution < -0.4 is 10.9 Å². The Kier molecular flexibility index (Phi) is 4.66. The molecule has 20 heavy (non-hydrogen) atoms. The molecule has 0 unspecified atom stereocenters. The first-order chi connectivity index (χ1) is 9.58. The van der Waals surface area contributed by atoms with Crippen LogP contribution in [0.15, 0.2) is 55.1 Å². The molecule has 2 aromatic carbocycles. The fourth-order valence-electron chi connectivity index (χ4n) is 1.55. The van der Waals surface area contributed by atoms with E-state index in [4.69, 9.17) is 23.2 Å². The fraction of sp³-hybridized carbons (Fsp3) is 0. The zero-order valence-corrected chi connectivity index (χ0v) is 12.0. The minimum Gasteiger partial charge on any atom is -0.298 e. The van der Waals surface area contributed by atoms with Crippen molar-refractivity contribution in [2.45, 2.75) is 0 Å². The average molecular weight is 307 g/mol. The minimum absolute atomic E-state index is 0.244. The Hall–Kier alpha value is -1.97. The molecule has 5 heteroatoms. The molecule has 0 aliphatic rings. The first-order valence-corrected chi connectivity index (χ1v) is 6.59. The van der Waals surface area contributed by atoms with Crippen LogP contribution in [0.25, 0.3) is 5.70 Å². The third-order valence-electron chi connectivity index (χ3n) is 2.63. The number of halogens is 2. The van der Waals surface area contributed by atoms with Crippen molar-refractivity contribution in [1.82, 2.24) is 10.9 Å². The SMILES string of the molecule is C=C(NNC(=O)c1ccccc1)c1ccc(Cl)c(Cl)c1. The first-order valence-electron chi connectivity index (χ1n) is 5.83. The van der Waals surface area contributed by atoms with Gasteiger partial charge in [-0.2, -0.15) is 0 Å². The van der Waals surface area contributed by atoms with Gasteiger partial charge in [0, 0.05) is 11.1 Å². The van der Waals surface area contributed by atoms with Gasteiger partial charge in [0.1, 0.15) is 0 Å². The molecule has 0 saturated heterocycles. The predicted octanol–water partition coefficient (Wildman–Crippen LogP) is 3.90. The van der Waals surface area contributed by atoms with Gasteiger partial charge in [0.2, 0.25) is 0 Å². The maximum absolute atomic E-state index is 11.8. The number of hydrogen-bond acceptors (Lipinski definition) is 2. The van der Waals surface area contributed by atoms with E-state index in [0.29, 0.717) is 21.3 Å². The molecule has 0 heterocycles. The van der Waals surface area contributed by atoms with Crippen molar-refractivity contribution in [2.75, 3.05) is 0 Å². The molecular formula is C15H12Cl2N2O. The van der Waals surface area contributed by atoms with Crippen molar-refractivity contribution in [1.29, 1.82) is 0 Å². The number of carbonyl (C=O) groups excluding carboxylic acids is 1. The van der Waals surface area contributed by atoms with E-state index in [1.54, 1.807) is 42.5 Å². The summed E-state index contributed by atoms with van der Waals surface area (Å²) < 4.78 is 0. The first kappa shape index (κ1) is 14.4. The average Bonchev–Trinajstić information content (AvgIpc) is 2.48. The molecule has 0 spiro atoms. The molecule has 0 bridgehead atoms. The Morgan fingerprint density at radius 3 is 2.25 bits per heavy atom. The predicted molar refractivity (Wildman–Crippen MR) is 82.5 cm³/mol. The molecule has 2 aromatic rings. The van der Waals surface area contributed by atoms with E-state index in [2.05, 4.69) is 17.4 Å². The molecule has 0 atom stereocenters. The number of hydrazine groups is 1. The van der Waals surface area contributed by atoms with Gasteiger partial charge in [0.15, 0.2) is 0 Å². The second-order valence-electron chi connectivity index (χ2n) is 4.05. The number of carbonyl (C=O) groups is 1. The number of amides is 1. The molecule has 102 valence electrons. The van der Waals surface area contributed by atoms with Crippen LogP contribution in [0.1, 0.15) is 15.9 Å². The molecule has 0 radical (unpaired) electrons. The van der Waals surface area contributed by atoms with Gasteiger partial charge in [-0.15, -0.1) is 0 Å². The molecule has 3 nitrogen and oxygen atoms in total. The molecule has 0 aliphatic carbocycles. The Bertz CT molecular complexity index is 642. The lowest BCUT2D eigenvalue weighted by Crippen LogP contribution is -2.35. The second kappa shape index (κ2) is 6.46. The van der Waals surface area contributed by atoms with Gasteiger partial charge in [-0.25, -0.2) is 0 Å². The van der Waals surface area contributed by atoms with Crippen LogP contribution in [0.5, 0.6) is 0 Å². The summed E-state index contributed by atoms with van der Waals surface area (Å²) in [5.41, 5.74) is 7.14. The monoisotopic (exact) mass is 306 g/mol. The van der Waals surface area contributed by atoms with Crippen LogP contribution in [0.2, 0.25) is 10.0 Å². The van der Waals surface area contributed by atoms with E-state index in [0.717, 1.165) is 5.56 Å². The van der Waals surface area contributed by atoms with Crippen LogP contribution in [0.3, 0.4) is 0 Å². The smallest absolute Gasteiger partial charge is 0.269 e. The Morgan fingerprint density at radius 1 is 0.900 bits per heavy atom. The molecule has 2 N–H and O–H groups in total. The third kappa shape index (κ3) is 3.53. The van der Waals surface area contributed by atoms with E-state index in [1.807, 2.05) is 6.07 Å². The number of hydrogen-bond donors (Lipinski definition) is 2. The highest BCUT2D eigenvalue weighted by Crippen LogP contribution is 2.24. The van der Waals surface area contributed by atoms with Crippen molar-refractivity contribution in [3.63, 3.8) is 0 Å². The largest absolute Gasteiger partial charge is 0.298 e. The summed E-state index contributed by atoms with van der Waals surface area (Å²) in [7, 11) is 0.